The van der Waals surface area contributed by atoms with Gasteiger partial charge in [0.25, 0.3) is 0 Å². The lowest BCUT2D eigenvalue weighted by atomic mass is 9.85. The molecule has 4 aliphatic rings. The van der Waals surface area contributed by atoms with Gasteiger partial charge in [0.05, 0.1) is 35.3 Å². The van der Waals surface area contributed by atoms with Gasteiger partial charge in [0, 0.05) is 37.1 Å². The molecular weight excluding hydrogens is 599 g/mol. The summed E-state index contributed by atoms with van der Waals surface area (Å²) >= 11 is 0. The summed E-state index contributed by atoms with van der Waals surface area (Å²) in [6, 6.07) is 12.3. The lowest BCUT2D eigenvalue weighted by molar-refractivity contribution is -0.144. The summed E-state index contributed by atoms with van der Waals surface area (Å²) in [4.78, 5) is 40.9. The summed E-state index contributed by atoms with van der Waals surface area (Å²) in [5, 5.41) is 19.2. The first-order chi connectivity index (χ1) is 21.2. The highest BCUT2D eigenvalue weighted by Gasteiger charge is 2.56. The lowest BCUT2D eigenvalue weighted by Gasteiger charge is -2.49. The molecule has 5 atom stereocenters. The van der Waals surface area contributed by atoms with Gasteiger partial charge in [-0.25, -0.2) is 4.57 Å². The van der Waals surface area contributed by atoms with Gasteiger partial charge in [0.15, 0.2) is 0 Å². The highest BCUT2D eigenvalue weighted by atomic mass is 31.2. The number of phosphoric ester groups is 1. The first kappa shape index (κ1) is 31.1. The second kappa shape index (κ2) is 11.1. The van der Waals surface area contributed by atoms with E-state index in [1.807, 2.05) is 0 Å². The number of carbonyl (C=O) groups is 2. The van der Waals surface area contributed by atoms with Crippen LogP contribution in [0.25, 0.3) is 0 Å². The molecule has 4 heterocycles. The number of hydrogen-bond acceptors (Lipinski definition) is 9. The van der Waals surface area contributed by atoms with Crippen molar-refractivity contribution in [2.75, 3.05) is 13.1 Å². The number of benzene rings is 2. The van der Waals surface area contributed by atoms with Gasteiger partial charge in [-0.2, -0.15) is 10.5 Å². The van der Waals surface area contributed by atoms with E-state index in [2.05, 4.69) is 12.1 Å². The van der Waals surface area contributed by atoms with Crippen LogP contribution in [0.4, 0.5) is 0 Å². The van der Waals surface area contributed by atoms with E-state index < -0.39 is 43.3 Å². The zero-order valence-corrected chi connectivity index (χ0v) is 26.5. The van der Waals surface area contributed by atoms with E-state index in [4.69, 9.17) is 18.5 Å². The molecule has 2 aromatic carbocycles. The Bertz CT molecular complexity index is 1580. The van der Waals surface area contributed by atoms with Crippen LogP contribution in [0.2, 0.25) is 0 Å². The molecule has 236 valence electrons. The van der Waals surface area contributed by atoms with Crippen molar-refractivity contribution in [2.24, 2.45) is 0 Å². The van der Waals surface area contributed by atoms with E-state index in [1.54, 1.807) is 73.9 Å². The molecule has 0 spiro atoms. The van der Waals surface area contributed by atoms with E-state index in [-0.39, 0.29) is 11.8 Å². The Morgan fingerprint density at radius 1 is 0.800 bits per heavy atom. The van der Waals surface area contributed by atoms with Crippen LogP contribution < -0.4 is 9.47 Å². The molecule has 1 unspecified atom stereocenters. The number of fused-ring (bicyclic) bond motifs is 2. The quantitative estimate of drug-likeness (QED) is 0.442. The third-order valence-corrected chi connectivity index (χ3v) is 9.98. The molecule has 0 bridgehead atoms. The zero-order valence-electron chi connectivity index (χ0n) is 25.6. The summed E-state index contributed by atoms with van der Waals surface area (Å²) in [7, 11) is -5.01. The largest absolute Gasteiger partial charge is 0.485 e. The van der Waals surface area contributed by atoms with Gasteiger partial charge in [-0.1, -0.05) is 0 Å². The fourth-order valence-electron chi connectivity index (χ4n) is 6.92. The van der Waals surface area contributed by atoms with Crippen LogP contribution in [0.15, 0.2) is 36.4 Å². The lowest BCUT2D eigenvalue weighted by Crippen LogP contribution is -2.56. The Labute approximate surface area is 261 Å². The van der Waals surface area contributed by atoms with Crippen LogP contribution in [0.3, 0.4) is 0 Å². The number of ether oxygens (including phenoxy) is 2. The van der Waals surface area contributed by atoms with Gasteiger partial charge in [-0.3, -0.25) is 18.6 Å². The summed E-state index contributed by atoms with van der Waals surface area (Å²) in [6.45, 7) is 7.59. The molecule has 2 aromatic rings. The Morgan fingerprint density at radius 2 is 1.20 bits per heavy atom. The molecule has 0 radical (unpaired) electrons. The Balaban J connectivity index is 1.40. The van der Waals surface area contributed by atoms with E-state index in [9.17, 15) is 29.6 Å². The number of nitriles is 2. The maximum absolute atomic E-state index is 14.2. The van der Waals surface area contributed by atoms with Crippen LogP contribution in [-0.2, 0) is 23.2 Å². The molecule has 45 heavy (non-hydrogen) atoms. The van der Waals surface area contributed by atoms with Gasteiger partial charge in [0.1, 0.15) is 34.9 Å². The molecule has 4 aliphatic heterocycles. The van der Waals surface area contributed by atoms with E-state index in [0.717, 1.165) is 0 Å². The Morgan fingerprint density at radius 3 is 1.53 bits per heavy atom. The molecular formula is C32H35N4O8P. The van der Waals surface area contributed by atoms with E-state index >= 15 is 0 Å². The van der Waals surface area contributed by atoms with E-state index in [1.165, 1.54) is 0 Å². The number of hydrogen-bond donors (Lipinski definition) is 1. The summed E-state index contributed by atoms with van der Waals surface area (Å²) in [5.74, 6) is 0.591. The number of nitrogens with zero attached hydrogens (tertiary/aromatic N) is 4. The molecule has 2 amide bonds. The maximum atomic E-state index is 14.2. The van der Waals surface area contributed by atoms with Crippen LogP contribution in [0.1, 0.15) is 87.7 Å². The minimum Gasteiger partial charge on any atom is -0.485 e. The topological polar surface area (TPSA) is 162 Å². The maximum Gasteiger partial charge on any atom is 0.473 e. The predicted octanol–water partition coefficient (Wildman–Crippen LogP) is 4.67. The fourth-order valence-corrected chi connectivity index (χ4v) is 8.29. The van der Waals surface area contributed by atoms with Crippen LogP contribution in [-0.4, -0.2) is 63.0 Å². The van der Waals surface area contributed by atoms with Gasteiger partial charge in [0.2, 0.25) is 11.8 Å². The standard InChI is InChI=1S/C32H35N4O8P/c1-31(2)29(27(35-13-5-7-25(35)37)21-15-19(17-33)9-11-23(21)41-31)43-45(39,40)44-30-28(36-14-6-8-26(36)38)22-16-20(18-34)10-12-24(22)42-32(30,3)4/h9-12,15-16,27-30H,5-8,13-14H2,1-4H3,(H,39,40)/t27-,28+,29+,30-. The van der Waals surface area contributed by atoms with E-state index in [0.29, 0.717) is 72.5 Å². The number of likely N-dealkylation sites (tertiary alicyclic amines) is 2. The second-order valence-corrected chi connectivity index (χ2v) is 14.3. The van der Waals surface area contributed by atoms with Crippen molar-refractivity contribution >= 4 is 19.6 Å². The van der Waals surface area contributed by atoms with Gasteiger partial charge in [-0.05, 0) is 76.9 Å². The average Bonchev–Trinajstić information content (AvgIpc) is 3.60. The van der Waals surface area contributed by atoms with Crippen molar-refractivity contribution in [2.45, 2.75) is 88.9 Å². The molecule has 0 aromatic heterocycles. The van der Waals surface area contributed by atoms with Crippen molar-refractivity contribution < 1.29 is 37.6 Å². The number of rotatable bonds is 6. The minimum absolute atomic E-state index is 0.146. The summed E-state index contributed by atoms with van der Waals surface area (Å²) in [5.41, 5.74) is -0.765. The second-order valence-electron chi connectivity index (χ2n) is 12.9. The van der Waals surface area contributed by atoms with Crippen LogP contribution >= 0.6 is 7.82 Å². The van der Waals surface area contributed by atoms with Crippen LogP contribution in [0, 0.1) is 22.7 Å². The smallest absolute Gasteiger partial charge is 0.473 e. The average molecular weight is 635 g/mol. The molecule has 2 saturated heterocycles. The molecule has 6 rings (SSSR count). The van der Waals surface area contributed by atoms with Crippen molar-refractivity contribution in [1.29, 1.82) is 10.5 Å². The summed E-state index contributed by atoms with van der Waals surface area (Å²) < 4.78 is 38.8. The molecule has 13 heteroatoms. The van der Waals surface area contributed by atoms with Crippen LogP contribution in [0.5, 0.6) is 11.5 Å². The third kappa shape index (κ3) is 5.57. The fraction of sp³-hybridized carbons (Fsp3) is 0.500. The molecule has 1 N–H and O–H groups in total. The first-order valence-corrected chi connectivity index (χ1v) is 16.5. The van der Waals surface area contributed by atoms with Crippen molar-refractivity contribution in [3.8, 4) is 23.6 Å². The van der Waals surface area contributed by atoms with Gasteiger partial charge >= 0.3 is 7.82 Å². The number of carbonyl (C=O) groups excluding carboxylic acids is 2. The molecule has 12 nitrogen and oxygen atoms in total. The Kier molecular flexibility index (Phi) is 7.70. The van der Waals surface area contributed by atoms with Crippen molar-refractivity contribution in [1.82, 2.24) is 9.80 Å². The molecule has 0 saturated carbocycles. The zero-order chi connectivity index (χ0) is 32.3. The monoisotopic (exact) mass is 634 g/mol. The van der Waals surface area contributed by atoms with Gasteiger partial charge in [-0.15, -0.1) is 0 Å². The highest BCUT2D eigenvalue weighted by molar-refractivity contribution is 7.47. The summed E-state index contributed by atoms with van der Waals surface area (Å²) in [6.07, 6.45) is -0.536. The normalized spacial score (nSPS) is 27.8. The number of amides is 2. The minimum atomic E-state index is -5.01. The molecule has 2 fully saturated rings. The highest BCUT2D eigenvalue weighted by Crippen LogP contribution is 2.58. The first-order valence-electron chi connectivity index (χ1n) is 15.0. The number of phosphoric acid groups is 1. The third-order valence-electron chi connectivity index (χ3n) is 8.99. The molecule has 0 aliphatic carbocycles. The van der Waals surface area contributed by atoms with Crippen molar-refractivity contribution in [3.63, 3.8) is 0 Å². The van der Waals surface area contributed by atoms with Crippen molar-refractivity contribution in [3.05, 3.63) is 58.7 Å². The predicted molar refractivity (Wildman–Crippen MR) is 159 cm³/mol. The SMILES string of the molecule is CC1(C)Oc2ccc(C#N)cc2[C@H](N2CCCC2=O)[C@H]1OP(=O)(O)O[C@H]1[C@H](N2CCCC2=O)c2cc(C#N)ccc2OC1(C)C. The van der Waals surface area contributed by atoms with Gasteiger partial charge < -0.3 is 24.2 Å². The Hall–Kier alpha value is -3.93.